The molecule has 0 aliphatic carbocycles. The minimum atomic E-state index is -0.768. The molecule has 280 valence electrons. The third-order valence-electron chi connectivity index (χ3n) is 9.96. The van der Waals surface area contributed by atoms with Crippen molar-refractivity contribution in [1.82, 2.24) is 40.4 Å². The third kappa shape index (κ3) is 7.88. The van der Waals surface area contributed by atoms with E-state index in [1.54, 1.807) is 35.2 Å². The summed E-state index contributed by atoms with van der Waals surface area (Å²) in [4.78, 5) is 69.3. The van der Waals surface area contributed by atoms with Crippen LogP contribution in [0.3, 0.4) is 0 Å². The van der Waals surface area contributed by atoms with E-state index in [0.717, 1.165) is 36.1 Å². The average molecular weight is 729 g/mol. The lowest BCUT2D eigenvalue weighted by Crippen LogP contribution is -2.51. The number of carbonyl (C=O) groups excluding carboxylic acids is 4. The van der Waals surface area contributed by atoms with E-state index in [4.69, 9.17) is 4.74 Å². The first-order valence-corrected chi connectivity index (χ1v) is 17.8. The predicted octanol–water partition coefficient (Wildman–Crippen LogP) is 5.73. The number of methoxy groups -OCH3 is 2. The zero-order valence-electron chi connectivity index (χ0n) is 30.4. The number of likely N-dealkylation sites (tertiary alicyclic amines) is 2. The molecule has 4 aromatic rings. The molecular formula is C38H45FN8O6. The SMILES string of the molecule is COC(=O)N[C@@H](C)C(=O)N1CCC[C@H]1c1ncc(-c2ccc(-c3ccc(-c4cnc([C@@H]5CCCN5C(=O)[C@@H](NC(=O)OC)C(C)C)[nH]4)cc3)cc2F)[nH]1. The Balaban J connectivity index is 1.12. The van der Waals surface area contributed by atoms with Gasteiger partial charge < -0.3 is 39.9 Å². The summed E-state index contributed by atoms with van der Waals surface area (Å²) >= 11 is 0. The van der Waals surface area contributed by atoms with E-state index in [1.807, 2.05) is 44.2 Å². The van der Waals surface area contributed by atoms with Crippen molar-refractivity contribution in [2.24, 2.45) is 5.92 Å². The number of rotatable bonds is 10. The number of halogens is 1. The van der Waals surface area contributed by atoms with E-state index in [-0.39, 0.29) is 29.8 Å². The number of nitrogens with zero attached hydrogens (tertiary/aromatic N) is 4. The Labute approximate surface area is 306 Å². The lowest BCUT2D eigenvalue weighted by Gasteiger charge is -2.30. The zero-order chi connectivity index (χ0) is 37.8. The highest BCUT2D eigenvalue weighted by atomic mass is 19.1. The highest BCUT2D eigenvalue weighted by molar-refractivity contribution is 5.87. The molecule has 2 fully saturated rings. The first-order chi connectivity index (χ1) is 25.5. The van der Waals surface area contributed by atoms with Gasteiger partial charge in [0.15, 0.2) is 0 Å². The van der Waals surface area contributed by atoms with Gasteiger partial charge in [-0.1, -0.05) is 44.2 Å². The summed E-state index contributed by atoms with van der Waals surface area (Å²) in [5.74, 6) is 0.260. The Bertz CT molecular complexity index is 1960. The Morgan fingerprint density at radius 1 is 0.755 bits per heavy atom. The second-order valence-corrected chi connectivity index (χ2v) is 13.7. The Hall–Kier alpha value is -5.73. The minimum Gasteiger partial charge on any atom is -0.453 e. The van der Waals surface area contributed by atoms with Crippen molar-refractivity contribution in [3.63, 3.8) is 0 Å². The monoisotopic (exact) mass is 728 g/mol. The van der Waals surface area contributed by atoms with Crippen LogP contribution in [-0.4, -0.2) is 93.1 Å². The standard InChI is InChI=1S/C38H45FN8O6/c1-21(2)32(45-38(51)53-5)36(49)47-17-7-9-31(47)33-40-19-28(43-33)24-12-10-23(11-13-24)25-14-15-26(27(39)18-25)29-20-41-34(44-29)30-8-6-16-46(30)35(48)22(3)42-37(50)52-4/h10-15,18-22,30-32H,6-9,16-17H2,1-5H3,(H,40,43)(H,41,44)(H,42,50)(H,45,51)/t22-,30-,31-,32-/m0/s1. The molecule has 2 saturated heterocycles. The molecule has 6 rings (SSSR count). The van der Waals surface area contributed by atoms with Crippen LogP contribution >= 0.6 is 0 Å². The number of hydrogen-bond donors (Lipinski definition) is 4. The van der Waals surface area contributed by atoms with Gasteiger partial charge in [-0.25, -0.2) is 23.9 Å². The van der Waals surface area contributed by atoms with Gasteiger partial charge in [-0.15, -0.1) is 0 Å². The largest absolute Gasteiger partial charge is 0.453 e. The molecule has 15 heteroatoms. The molecule has 4 N–H and O–H groups in total. The summed E-state index contributed by atoms with van der Waals surface area (Å²) in [6.07, 6.45) is 5.01. The van der Waals surface area contributed by atoms with Gasteiger partial charge in [-0.05, 0) is 67.3 Å². The van der Waals surface area contributed by atoms with Crippen molar-refractivity contribution in [1.29, 1.82) is 0 Å². The molecule has 4 atom stereocenters. The van der Waals surface area contributed by atoms with Crippen LogP contribution in [0.1, 0.15) is 70.2 Å². The first kappa shape index (κ1) is 37.0. The van der Waals surface area contributed by atoms with Gasteiger partial charge in [-0.2, -0.15) is 0 Å². The summed E-state index contributed by atoms with van der Waals surface area (Å²) in [7, 11) is 2.51. The van der Waals surface area contributed by atoms with Gasteiger partial charge >= 0.3 is 12.2 Å². The van der Waals surface area contributed by atoms with Gasteiger partial charge in [-0.3, -0.25) is 9.59 Å². The third-order valence-corrected chi connectivity index (χ3v) is 9.96. The van der Waals surface area contributed by atoms with Gasteiger partial charge in [0, 0.05) is 18.7 Å². The number of benzene rings is 2. The van der Waals surface area contributed by atoms with Gasteiger partial charge in [0.1, 0.15) is 29.5 Å². The lowest BCUT2D eigenvalue weighted by atomic mass is 10.0. The Morgan fingerprint density at radius 3 is 1.87 bits per heavy atom. The molecule has 0 radical (unpaired) electrons. The minimum absolute atomic E-state index is 0.128. The summed E-state index contributed by atoms with van der Waals surface area (Å²) in [6, 6.07) is 10.7. The number of hydrogen-bond acceptors (Lipinski definition) is 8. The molecule has 2 aliphatic rings. The molecule has 2 aromatic carbocycles. The van der Waals surface area contributed by atoms with E-state index in [2.05, 4.69) is 35.3 Å². The number of carbonyl (C=O) groups is 4. The van der Waals surface area contributed by atoms with Gasteiger partial charge in [0.25, 0.3) is 0 Å². The zero-order valence-corrected chi connectivity index (χ0v) is 30.4. The molecule has 14 nitrogen and oxygen atoms in total. The van der Waals surface area contributed by atoms with Crippen LogP contribution in [0.15, 0.2) is 54.9 Å². The maximum atomic E-state index is 15.6. The fourth-order valence-corrected chi connectivity index (χ4v) is 7.10. The van der Waals surface area contributed by atoms with Crippen LogP contribution in [-0.2, 0) is 19.1 Å². The summed E-state index contributed by atoms with van der Waals surface area (Å²) in [6.45, 7) is 6.45. The number of aromatic nitrogens is 4. The number of aromatic amines is 2. The fraction of sp³-hybridized carbons (Fsp3) is 0.421. The Morgan fingerprint density at radius 2 is 1.28 bits per heavy atom. The number of alkyl carbamates (subject to hydrolysis) is 2. The highest BCUT2D eigenvalue weighted by Gasteiger charge is 2.38. The molecule has 53 heavy (non-hydrogen) atoms. The molecular weight excluding hydrogens is 683 g/mol. The number of imidazole rings is 2. The van der Waals surface area contributed by atoms with Gasteiger partial charge in [0.2, 0.25) is 11.8 Å². The van der Waals surface area contributed by atoms with Crippen LogP contribution in [0.5, 0.6) is 0 Å². The van der Waals surface area contributed by atoms with Crippen molar-refractivity contribution in [2.45, 2.75) is 70.6 Å². The van der Waals surface area contributed by atoms with Crippen LogP contribution in [0.4, 0.5) is 14.0 Å². The van der Waals surface area contributed by atoms with E-state index in [1.165, 1.54) is 20.3 Å². The smallest absolute Gasteiger partial charge is 0.407 e. The number of H-pyrrole nitrogens is 2. The van der Waals surface area contributed by atoms with Crippen LogP contribution in [0.2, 0.25) is 0 Å². The maximum absolute atomic E-state index is 15.6. The molecule has 2 aliphatic heterocycles. The van der Waals surface area contributed by atoms with Crippen molar-refractivity contribution in [3.05, 3.63) is 72.3 Å². The lowest BCUT2D eigenvalue weighted by molar-refractivity contribution is -0.135. The number of nitrogens with one attached hydrogen (secondary N) is 4. The van der Waals surface area contributed by atoms with Crippen LogP contribution < -0.4 is 10.6 Å². The second kappa shape index (κ2) is 15.9. The molecule has 4 heterocycles. The average Bonchev–Trinajstić information content (AvgIpc) is 3.99. The summed E-state index contributed by atoms with van der Waals surface area (Å²) in [5, 5.41) is 5.18. The van der Waals surface area contributed by atoms with E-state index >= 15 is 4.39 Å². The normalized spacial score (nSPS) is 18.2. The first-order valence-electron chi connectivity index (χ1n) is 17.8. The van der Waals surface area contributed by atoms with Crippen molar-refractivity contribution in [2.75, 3.05) is 27.3 Å². The van der Waals surface area contributed by atoms with E-state index in [0.29, 0.717) is 48.0 Å². The quantitative estimate of drug-likeness (QED) is 0.160. The molecule has 0 spiro atoms. The topological polar surface area (TPSA) is 175 Å². The van der Waals surface area contributed by atoms with Crippen LogP contribution in [0.25, 0.3) is 33.6 Å². The van der Waals surface area contributed by atoms with Crippen LogP contribution in [0, 0.1) is 11.7 Å². The predicted molar refractivity (Wildman–Crippen MR) is 194 cm³/mol. The maximum Gasteiger partial charge on any atom is 0.407 e. The molecule has 0 unspecified atom stereocenters. The summed E-state index contributed by atoms with van der Waals surface area (Å²) < 4.78 is 24.9. The molecule has 4 amide bonds. The van der Waals surface area contributed by atoms with Crippen molar-refractivity contribution < 1.29 is 33.0 Å². The summed E-state index contributed by atoms with van der Waals surface area (Å²) in [5.41, 5.74) is 4.04. The fourth-order valence-electron chi connectivity index (χ4n) is 7.10. The van der Waals surface area contributed by atoms with Crippen molar-refractivity contribution >= 4 is 24.0 Å². The molecule has 0 saturated carbocycles. The highest BCUT2D eigenvalue weighted by Crippen LogP contribution is 2.35. The number of amides is 4. The number of ether oxygens (including phenoxy) is 2. The molecule has 0 bridgehead atoms. The van der Waals surface area contributed by atoms with E-state index in [9.17, 15) is 19.2 Å². The molecule has 2 aromatic heterocycles. The Kier molecular flexibility index (Phi) is 11.1. The van der Waals surface area contributed by atoms with Gasteiger partial charge in [0.05, 0.1) is 50.1 Å². The van der Waals surface area contributed by atoms with E-state index < -0.39 is 30.1 Å². The van der Waals surface area contributed by atoms with Crippen molar-refractivity contribution in [3.8, 4) is 33.6 Å². The second-order valence-electron chi connectivity index (χ2n) is 13.7.